The molecule has 4 rings (SSSR count). The van der Waals surface area contributed by atoms with Gasteiger partial charge in [-0.05, 0) is 56.6 Å². The fourth-order valence-electron chi connectivity index (χ4n) is 5.60. The van der Waals surface area contributed by atoms with E-state index in [0.717, 1.165) is 67.4 Å². The number of aryl methyl sites for hydroxylation is 1. The minimum atomic E-state index is -4.20. The monoisotopic (exact) mass is 440 g/mol. The minimum Gasteiger partial charge on any atom is -0.321 e. The maximum Gasteiger partial charge on any atom is 0.355 e. The first-order chi connectivity index (χ1) is 13.8. The van der Waals surface area contributed by atoms with Gasteiger partial charge >= 0.3 is 7.67 Å². The average molecular weight is 441 g/mol. The highest BCUT2D eigenvalue weighted by atomic mass is 32.2. The summed E-state index contributed by atoms with van der Waals surface area (Å²) in [7, 11) is -8.28. The van der Waals surface area contributed by atoms with Gasteiger partial charge in [0.05, 0.1) is 10.9 Å². The summed E-state index contributed by atoms with van der Waals surface area (Å²) in [5.41, 5.74) is 0.958. The molecule has 0 spiro atoms. The van der Waals surface area contributed by atoms with Crippen LogP contribution in [0.4, 0.5) is 0 Å². The maximum atomic E-state index is 13.6. The van der Waals surface area contributed by atoms with E-state index in [9.17, 15) is 17.9 Å². The molecule has 162 valence electrons. The highest BCUT2D eigenvalue weighted by molar-refractivity contribution is 7.94. The zero-order valence-corrected chi connectivity index (χ0v) is 18.9. The second-order valence-corrected chi connectivity index (χ2v) is 12.9. The second kappa shape index (κ2) is 8.43. The molecule has 0 amide bonds. The van der Waals surface area contributed by atoms with Crippen LogP contribution in [0, 0.1) is 18.8 Å². The van der Waals surface area contributed by atoms with Crippen molar-refractivity contribution in [1.82, 2.24) is 9.16 Å². The third kappa shape index (κ3) is 4.22. The van der Waals surface area contributed by atoms with E-state index in [1.54, 1.807) is 24.3 Å². The van der Waals surface area contributed by atoms with Crippen LogP contribution in [-0.4, -0.2) is 29.5 Å². The van der Waals surface area contributed by atoms with Crippen molar-refractivity contribution in [2.45, 2.75) is 88.1 Å². The van der Waals surface area contributed by atoms with Crippen LogP contribution < -0.4 is 5.09 Å². The van der Waals surface area contributed by atoms with E-state index in [2.05, 4.69) is 5.09 Å². The SMILES string of the molecule is Cc1ccc(S(=O)(=O)N2C(C3CCCCC3)C(C3CCCCC3)NP2(=O)O)cc1. The van der Waals surface area contributed by atoms with E-state index < -0.39 is 23.7 Å². The molecule has 1 aliphatic heterocycles. The van der Waals surface area contributed by atoms with Crippen LogP contribution in [-0.2, 0) is 14.6 Å². The molecular formula is C21H33N2O4PS. The first kappa shape index (κ1) is 21.5. The van der Waals surface area contributed by atoms with Gasteiger partial charge in [0.15, 0.2) is 0 Å². The van der Waals surface area contributed by atoms with Crippen LogP contribution in [0.5, 0.6) is 0 Å². The molecule has 3 aliphatic rings. The molecule has 6 nitrogen and oxygen atoms in total. The Balaban J connectivity index is 1.75. The number of rotatable bonds is 4. The molecule has 1 heterocycles. The van der Waals surface area contributed by atoms with Crippen molar-refractivity contribution in [3.05, 3.63) is 29.8 Å². The molecule has 0 aromatic heterocycles. The molecule has 1 aromatic rings. The number of nitrogens with one attached hydrogen (secondary N) is 1. The van der Waals surface area contributed by atoms with E-state index in [4.69, 9.17) is 0 Å². The smallest absolute Gasteiger partial charge is 0.321 e. The normalized spacial score (nSPS) is 33.2. The highest BCUT2D eigenvalue weighted by Crippen LogP contribution is 2.57. The molecule has 0 bridgehead atoms. The predicted octanol–water partition coefficient (Wildman–Crippen LogP) is 4.59. The van der Waals surface area contributed by atoms with E-state index in [1.165, 1.54) is 6.42 Å². The van der Waals surface area contributed by atoms with Gasteiger partial charge in [0.1, 0.15) is 0 Å². The summed E-state index contributed by atoms with van der Waals surface area (Å²) in [6.45, 7) is 1.90. The molecule has 2 N–H and O–H groups in total. The van der Waals surface area contributed by atoms with Crippen molar-refractivity contribution in [1.29, 1.82) is 0 Å². The third-order valence-corrected chi connectivity index (χ3v) is 11.4. The van der Waals surface area contributed by atoms with E-state index in [1.807, 2.05) is 6.92 Å². The van der Waals surface area contributed by atoms with Crippen LogP contribution >= 0.6 is 7.67 Å². The van der Waals surface area contributed by atoms with Gasteiger partial charge in [-0.15, -0.1) is 4.08 Å². The molecular weight excluding hydrogens is 407 g/mol. The van der Waals surface area contributed by atoms with Crippen molar-refractivity contribution < 1.29 is 17.9 Å². The standard InChI is InChI=1S/C21H33N2O4PS/c1-16-12-14-19(15-13-16)29(26,27)23-21(18-10-6-3-7-11-18)20(22-28(23,24)25)17-8-4-2-5-9-17/h12-15,17-18,20-21H,2-11H2,1H3,(H2,22,24,25). The van der Waals surface area contributed by atoms with Gasteiger partial charge in [0, 0.05) is 6.04 Å². The van der Waals surface area contributed by atoms with Gasteiger partial charge in [-0.25, -0.2) is 13.5 Å². The number of hydrogen-bond donors (Lipinski definition) is 2. The fraction of sp³-hybridized carbons (Fsp3) is 0.714. The van der Waals surface area contributed by atoms with Crippen LogP contribution in [0.15, 0.2) is 29.2 Å². The van der Waals surface area contributed by atoms with Gasteiger partial charge in [-0.3, -0.25) is 4.57 Å². The molecule has 2 saturated carbocycles. The second-order valence-electron chi connectivity index (χ2n) is 9.08. The number of hydrogen-bond acceptors (Lipinski definition) is 3. The Kier molecular flexibility index (Phi) is 6.25. The van der Waals surface area contributed by atoms with E-state index >= 15 is 0 Å². The Bertz CT molecular complexity index is 861. The van der Waals surface area contributed by atoms with E-state index in [0.29, 0.717) is 0 Å². The van der Waals surface area contributed by atoms with Crippen LogP contribution in [0.1, 0.15) is 69.8 Å². The summed E-state index contributed by atoms with van der Waals surface area (Å²) in [5, 5.41) is 2.94. The average Bonchev–Trinajstić information content (AvgIpc) is 3.01. The lowest BCUT2D eigenvalue weighted by atomic mass is 9.75. The Hall–Kier alpha value is -0.720. The number of sulfonamides is 1. The van der Waals surface area contributed by atoms with Gasteiger partial charge in [-0.2, -0.15) is 0 Å². The molecule has 3 atom stereocenters. The first-order valence-electron chi connectivity index (χ1n) is 11.0. The summed E-state index contributed by atoms with van der Waals surface area (Å²) in [4.78, 5) is 11.0. The lowest BCUT2D eigenvalue weighted by Crippen LogP contribution is -2.48. The van der Waals surface area contributed by atoms with Crippen molar-refractivity contribution in [2.75, 3.05) is 0 Å². The molecule has 29 heavy (non-hydrogen) atoms. The summed E-state index contributed by atoms with van der Waals surface area (Å²) in [6, 6.07) is 5.90. The quantitative estimate of drug-likeness (QED) is 0.669. The molecule has 3 fully saturated rings. The molecule has 0 radical (unpaired) electrons. The highest BCUT2D eigenvalue weighted by Gasteiger charge is 2.58. The van der Waals surface area contributed by atoms with Gasteiger partial charge in [0.25, 0.3) is 10.0 Å². The first-order valence-corrected chi connectivity index (χ1v) is 14.1. The third-order valence-electron chi connectivity index (χ3n) is 7.06. The summed E-state index contributed by atoms with van der Waals surface area (Å²) in [6.07, 6.45) is 10.6. The summed E-state index contributed by atoms with van der Waals surface area (Å²) in [5.74, 6) is 0.390. The maximum absolute atomic E-state index is 13.6. The van der Waals surface area contributed by atoms with Crippen molar-refractivity contribution in [3.63, 3.8) is 0 Å². The zero-order chi connectivity index (χ0) is 20.6. The van der Waals surface area contributed by atoms with E-state index in [-0.39, 0.29) is 22.8 Å². The molecule has 3 unspecified atom stereocenters. The Morgan fingerprint density at radius 2 is 1.45 bits per heavy atom. The largest absolute Gasteiger partial charge is 0.355 e. The van der Waals surface area contributed by atoms with Crippen molar-refractivity contribution in [2.24, 2.45) is 11.8 Å². The minimum absolute atomic E-state index is 0.101. The lowest BCUT2D eigenvalue weighted by molar-refractivity contribution is 0.174. The van der Waals surface area contributed by atoms with Crippen LogP contribution in [0.25, 0.3) is 0 Å². The van der Waals surface area contributed by atoms with Crippen molar-refractivity contribution >= 4 is 17.7 Å². The topological polar surface area (TPSA) is 86.7 Å². The molecule has 1 saturated heterocycles. The molecule has 2 aliphatic carbocycles. The molecule has 1 aromatic carbocycles. The lowest BCUT2D eigenvalue weighted by Gasteiger charge is -2.38. The van der Waals surface area contributed by atoms with Crippen LogP contribution in [0.3, 0.4) is 0 Å². The number of nitrogens with zero attached hydrogens (tertiary/aromatic N) is 1. The van der Waals surface area contributed by atoms with Gasteiger partial charge in [0.2, 0.25) is 0 Å². The Morgan fingerprint density at radius 3 is 2.00 bits per heavy atom. The summed E-state index contributed by atoms with van der Waals surface area (Å²) < 4.78 is 41.5. The van der Waals surface area contributed by atoms with Gasteiger partial charge in [-0.1, -0.05) is 56.2 Å². The fourth-order valence-corrected chi connectivity index (χ4v) is 10.1. The van der Waals surface area contributed by atoms with Gasteiger partial charge < -0.3 is 4.89 Å². The predicted molar refractivity (Wildman–Crippen MR) is 114 cm³/mol. The zero-order valence-electron chi connectivity index (χ0n) is 17.2. The Labute approximate surface area is 174 Å². The number of benzene rings is 1. The summed E-state index contributed by atoms with van der Waals surface area (Å²) >= 11 is 0. The Morgan fingerprint density at radius 1 is 0.931 bits per heavy atom. The van der Waals surface area contributed by atoms with Crippen LogP contribution in [0.2, 0.25) is 0 Å². The van der Waals surface area contributed by atoms with Crippen molar-refractivity contribution in [3.8, 4) is 0 Å². The molecule has 8 heteroatoms.